The highest BCUT2D eigenvalue weighted by molar-refractivity contribution is 9.10. The molecule has 1 saturated heterocycles. The van der Waals surface area contributed by atoms with Crippen molar-refractivity contribution in [2.75, 3.05) is 13.1 Å². The van der Waals surface area contributed by atoms with Gasteiger partial charge in [0.05, 0.1) is 11.5 Å². The van der Waals surface area contributed by atoms with Gasteiger partial charge in [-0.3, -0.25) is 0 Å². The number of rotatable bonds is 3. The molecule has 0 amide bonds. The zero-order chi connectivity index (χ0) is 15.0. The highest BCUT2D eigenvalue weighted by Gasteiger charge is 2.34. The van der Waals surface area contributed by atoms with Crippen molar-refractivity contribution in [1.82, 2.24) is 4.31 Å². The Bertz CT molecular complexity index is 598. The van der Waals surface area contributed by atoms with Gasteiger partial charge in [0, 0.05) is 17.6 Å². The van der Waals surface area contributed by atoms with E-state index >= 15 is 0 Å². The third kappa shape index (κ3) is 3.24. The summed E-state index contributed by atoms with van der Waals surface area (Å²) in [6, 6.07) is 4.86. The molecule has 1 heterocycles. The molecule has 0 spiro atoms. The van der Waals surface area contributed by atoms with Crippen molar-refractivity contribution in [3.8, 4) is 0 Å². The molecule has 0 aliphatic carbocycles. The van der Waals surface area contributed by atoms with E-state index in [0.717, 1.165) is 12.8 Å². The van der Waals surface area contributed by atoms with Gasteiger partial charge in [0.1, 0.15) is 0 Å². The van der Waals surface area contributed by atoms with Gasteiger partial charge in [-0.1, -0.05) is 19.9 Å². The second-order valence-corrected chi connectivity index (χ2v) is 8.79. The lowest BCUT2D eigenvalue weighted by Crippen LogP contribution is -2.43. The number of benzene rings is 1. The predicted octanol–water partition coefficient (Wildman–Crippen LogP) is 2.75. The summed E-state index contributed by atoms with van der Waals surface area (Å²) in [4.78, 5) is 0.271. The Balaban J connectivity index is 2.35. The zero-order valence-electron chi connectivity index (χ0n) is 11.8. The fraction of sp³-hybridized carbons (Fsp3) is 0.571. The largest absolute Gasteiger partial charge is 0.392 e. The van der Waals surface area contributed by atoms with Gasteiger partial charge in [0.15, 0.2) is 0 Å². The van der Waals surface area contributed by atoms with Gasteiger partial charge in [-0.15, -0.1) is 0 Å². The van der Waals surface area contributed by atoms with Gasteiger partial charge in [-0.25, -0.2) is 8.42 Å². The van der Waals surface area contributed by atoms with Crippen molar-refractivity contribution in [2.24, 2.45) is 5.41 Å². The molecule has 0 saturated carbocycles. The summed E-state index contributed by atoms with van der Waals surface area (Å²) in [7, 11) is -3.48. The first kappa shape index (κ1) is 15.9. The number of piperidine rings is 1. The first-order chi connectivity index (χ1) is 9.26. The predicted molar refractivity (Wildman–Crippen MR) is 81.8 cm³/mol. The number of nitrogens with zero attached hydrogens (tertiary/aromatic N) is 1. The summed E-state index contributed by atoms with van der Waals surface area (Å²) in [5.41, 5.74) is 0.706. The van der Waals surface area contributed by atoms with Crippen molar-refractivity contribution >= 4 is 26.0 Å². The van der Waals surface area contributed by atoms with Gasteiger partial charge in [0.25, 0.3) is 0 Å². The molecule has 4 nitrogen and oxygen atoms in total. The van der Waals surface area contributed by atoms with E-state index in [0.29, 0.717) is 23.1 Å². The fourth-order valence-corrected chi connectivity index (χ4v) is 5.32. The molecule has 0 atom stereocenters. The molecular weight excluding hydrogens is 342 g/mol. The van der Waals surface area contributed by atoms with Crippen LogP contribution in [-0.2, 0) is 16.6 Å². The Labute approximate surface area is 129 Å². The zero-order valence-corrected chi connectivity index (χ0v) is 14.2. The molecule has 0 bridgehead atoms. The Hall–Kier alpha value is -0.430. The van der Waals surface area contributed by atoms with Crippen LogP contribution in [0, 0.1) is 5.41 Å². The molecule has 6 heteroatoms. The SMILES string of the molecule is CC1(C)CCCN(S(=O)(=O)c2ccc(CO)cc2Br)C1. The van der Waals surface area contributed by atoms with Crippen LogP contribution in [0.15, 0.2) is 27.6 Å². The van der Waals surface area contributed by atoms with Crippen LogP contribution in [0.5, 0.6) is 0 Å². The molecule has 1 aromatic rings. The minimum absolute atomic E-state index is 0.0167. The lowest BCUT2D eigenvalue weighted by molar-refractivity contribution is 0.187. The van der Waals surface area contributed by atoms with Gasteiger partial charge in [-0.2, -0.15) is 4.31 Å². The molecule has 1 aromatic carbocycles. The summed E-state index contributed by atoms with van der Waals surface area (Å²) < 4.78 is 27.5. The number of hydrogen-bond acceptors (Lipinski definition) is 3. The number of sulfonamides is 1. The topological polar surface area (TPSA) is 57.6 Å². The minimum atomic E-state index is -3.48. The minimum Gasteiger partial charge on any atom is -0.392 e. The molecule has 1 aliphatic rings. The standard InChI is InChI=1S/C14H20BrNO3S/c1-14(2)6-3-7-16(10-14)20(18,19)13-5-4-11(9-17)8-12(13)15/h4-5,8,17H,3,6-7,9-10H2,1-2H3. The lowest BCUT2D eigenvalue weighted by atomic mass is 9.85. The molecule has 0 unspecified atom stereocenters. The molecule has 1 aliphatic heterocycles. The van der Waals surface area contributed by atoms with Crippen molar-refractivity contribution < 1.29 is 13.5 Å². The van der Waals surface area contributed by atoms with Crippen LogP contribution in [0.2, 0.25) is 0 Å². The number of aliphatic hydroxyl groups is 1. The highest BCUT2D eigenvalue weighted by Crippen LogP contribution is 2.33. The molecule has 0 aromatic heterocycles. The molecule has 2 rings (SSSR count). The van der Waals surface area contributed by atoms with E-state index in [1.807, 2.05) is 0 Å². The summed E-state index contributed by atoms with van der Waals surface area (Å²) in [5, 5.41) is 9.09. The molecule has 112 valence electrons. The first-order valence-corrected chi connectivity index (χ1v) is 8.89. The van der Waals surface area contributed by atoms with Crippen LogP contribution >= 0.6 is 15.9 Å². The maximum Gasteiger partial charge on any atom is 0.244 e. The summed E-state index contributed by atoms with van der Waals surface area (Å²) >= 11 is 3.30. The van der Waals surface area contributed by atoms with Crippen LogP contribution in [-0.4, -0.2) is 30.9 Å². The van der Waals surface area contributed by atoms with Crippen molar-refractivity contribution in [3.63, 3.8) is 0 Å². The third-order valence-electron chi connectivity index (χ3n) is 3.66. The normalized spacial score (nSPS) is 20.0. The van der Waals surface area contributed by atoms with E-state index in [1.165, 1.54) is 0 Å². The Morgan fingerprint density at radius 3 is 2.65 bits per heavy atom. The van der Waals surface area contributed by atoms with Crippen LogP contribution in [0.25, 0.3) is 0 Å². The maximum atomic E-state index is 12.7. The Kier molecular flexibility index (Phi) is 4.59. The number of aliphatic hydroxyl groups excluding tert-OH is 1. The van der Waals surface area contributed by atoms with Gasteiger partial charge in [-0.05, 0) is 51.9 Å². The Morgan fingerprint density at radius 1 is 1.40 bits per heavy atom. The molecule has 0 radical (unpaired) electrons. The van der Waals surface area contributed by atoms with E-state index in [1.54, 1.807) is 22.5 Å². The van der Waals surface area contributed by atoms with Crippen LogP contribution < -0.4 is 0 Å². The van der Waals surface area contributed by atoms with Gasteiger partial charge in [0.2, 0.25) is 10.0 Å². The van der Waals surface area contributed by atoms with Gasteiger partial charge >= 0.3 is 0 Å². The van der Waals surface area contributed by atoms with E-state index in [4.69, 9.17) is 5.11 Å². The van der Waals surface area contributed by atoms with E-state index in [-0.39, 0.29) is 16.9 Å². The average Bonchev–Trinajstić information content (AvgIpc) is 2.37. The number of hydrogen-bond donors (Lipinski definition) is 1. The fourth-order valence-electron chi connectivity index (χ4n) is 2.57. The summed E-state index contributed by atoms with van der Waals surface area (Å²) in [6.45, 7) is 5.20. The van der Waals surface area contributed by atoms with E-state index in [9.17, 15) is 8.42 Å². The second-order valence-electron chi connectivity index (χ2n) is 6.03. The quantitative estimate of drug-likeness (QED) is 0.900. The summed E-state index contributed by atoms with van der Waals surface area (Å²) in [5.74, 6) is 0. The smallest absolute Gasteiger partial charge is 0.244 e. The number of halogens is 1. The molecular formula is C14H20BrNO3S. The van der Waals surface area contributed by atoms with E-state index in [2.05, 4.69) is 29.8 Å². The molecule has 1 fully saturated rings. The monoisotopic (exact) mass is 361 g/mol. The average molecular weight is 362 g/mol. The van der Waals surface area contributed by atoms with Crippen molar-refractivity contribution in [3.05, 3.63) is 28.2 Å². The second kappa shape index (κ2) is 5.75. The van der Waals surface area contributed by atoms with Crippen LogP contribution in [0.1, 0.15) is 32.3 Å². The van der Waals surface area contributed by atoms with E-state index < -0.39 is 10.0 Å². The van der Waals surface area contributed by atoms with Gasteiger partial charge < -0.3 is 5.11 Å². The van der Waals surface area contributed by atoms with Crippen LogP contribution in [0.4, 0.5) is 0 Å². The third-order valence-corrected chi connectivity index (χ3v) is 6.48. The Morgan fingerprint density at radius 2 is 2.10 bits per heavy atom. The van der Waals surface area contributed by atoms with Crippen molar-refractivity contribution in [2.45, 2.75) is 38.2 Å². The highest BCUT2D eigenvalue weighted by atomic mass is 79.9. The lowest BCUT2D eigenvalue weighted by Gasteiger charge is -2.37. The van der Waals surface area contributed by atoms with Crippen LogP contribution in [0.3, 0.4) is 0 Å². The molecule has 20 heavy (non-hydrogen) atoms. The molecule has 1 N–H and O–H groups in total. The van der Waals surface area contributed by atoms with Crippen molar-refractivity contribution in [1.29, 1.82) is 0 Å². The first-order valence-electron chi connectivity index (χ1n) is 6.66. The summed E-state index contributed by atoms with van der Waals surface area (Å²) in [6.07, 6.45) is 1.93. The maximum absolute atomic E-state index is 12.7.